The van der Waals surface area contributed by atoms with Crippen molar-refractivity contribution in [1.29, 1.82) is 0 Å². The van der Waals surface area contributed by atoms with Crippen LogP contribution in [0.2, 0.25) is 0 Å². The number of carbonyl (C=O) groups excluding carboxylic acids is 1. The number of hydrogen-bond acceptors (Lipinski definition) is 5. The Labute approximate surface area is 164 Å². The van der Waals surface area contributed by atoms with Crippen LogP contribution >= 0.6 is 12.4 Å². The smallest absolute Gasteiger partial charge is 0.251 e. The highest BCUT2D eigenvalue weighted by Gasteiger charge is 2.31. The Kier molecular flexibility index (Phi) is 6.61. The molecule has 0 aromatic heterocycles. The molecule has 0 spiro atoms. The number of nitrogens with two attached hydrogens (primary N) is 1. The third-order valence-electron chi connectivity index (χ3n) is 4.43. The zero-order valence-corrected chi connectivity index (χ0v) is 16.1. The lowest BCUT2D eigenvalue weighted by molar-refractivity contribution is 0.0562. The number of halogens is 1. The van der Waals surface area contributed by atoms with Crippen LogP contribution in [0.25, 0.3) is 11.1 Å². The second kappa shape index (κ2) is 8.37. The van der Waals surface area contributed by atoms with Crippen LogP contribution in [0.4, 0.5) is 0 Å². The second-order valence-electron chi connectivity index (χ2n) is 6.46. The Bertz CT molecular complexity index is 928. The van der Waals surface area contributed by atoms with E-state index in [1.165, 1.54) is 6.07 Å². The van der Waals surface area contributed by atoms with E-state index < -0.39 is 15.6 Å². The number of carbonyl (C=O) groups is 1. The van der Waals surface area contributed by atoms with Crippen molar-refractivity contribution in [2.75, 3.05) is 19.6 Å². The molecule has 0 bridgehead atoms. The van der Waals surface area contributed by atoms with Gasteiger partial charge in [0.2, 0.25) is 10.0 Å². The van der Waals surface area contributed by atoms with Crippen LogP contribution in [0.3, 0.4) is 0 Å². The van der Waals surface area contributed by atoms with Crippen molar-refractivity contribution >= 4 is 28.3 Å². The molecule has 1 aliphatic rings. The Balaban J connectivity index is 0.00000261. The average molecular weight is 412 g/mol. The maximum Gasteiger partial charge on any atom is 0.251 e. The van der Waals surface area contributed by atoms with Crippen LogP contribution in [0.5, 0.6) is 0 Å². The Morgan fingerprint density at radius 2 is 1.96 bits per heavy atom. The van der Waals surface area contributed by atoms with Gasteiger partial charge in [-0.05, 0) is 36.7 Å². The van der Waals surface area contributed by atoms with E-state index in [4.69, 9.17) is 5.14 Å². The zero-order valence-electron chi connectivity index (χ0n) is 14.5. The number of sulfonamides is 1. The molecule has 27 heavy (non-hydrogen) atoms. The first-order chi connectivity index (χ1) is 12.3. The lowest BCUT2D eigenvalue weighted by atomic mass is 10.0. The highest BCUT2D eigenvalue weighted by molar-refractivity contribution is 7.89. The van der Waals surface area contributed by atoms with Gasteiger partial charge < -0.3 is 15.7 Å². The van der Waals surface area contributed by atoms with E-state index >= 15 is 0 Å². The van der Waals surface area contributed by atoms with Gasteiger partial charge in [-0.25, -0.2) is 13.6 Å². The number of amides is 1. The third kappa shape index (κ3) is 5.06. The van der Waals surface area contributed by atoms with E-state index in [-0.39, 0.29) is 29.8 Å². The van der Waals surface area contributed by atoms with Crippen LogP contribution in [0.15, 0.2) is 53.4 Å². The minimum absolute atomic E-state index is 0. The van der Waals surface area contributed by atoms with Crippen LogP contribution in [-0.4, -0.2) is 44.7 Å². The van der Waals surface area contributed by atoms with E-state index in [1.807, 2.05) is 0 Å². The zero-order chi connectivity index (χ0) is 18.8. The maximum atomic E-state index is 12.4. The second-order valence-corrected chi connectivity index (χ2v) is 7.99. The first-order valence-electron chi connectivity index (χ1n) is 8.22. The molecule has 5 N–H and O–H groups in total. The predicted octanol–water partition coefficient (Wildman–Crippen LogP) is 0.877. The van der Waals surface area contributed by atoms with Crippen molar-refractivity contribution in [3.63, 3.8) is 0 Å². The summed E-state index contributed by atoms with van der Waals surface area (Å²) in [5.74, 6) is -0.333. The molecule has 0 aliphatic carbocycles. The van der Waals surface area contributed by atoms with Crippen LogP contribution in [0, 0.1) is 0 Å². The number of primary sulfonamides is 1. The predicted molar refractivity (Wildman–Crippen MR) is 105 cm³/mol. The summed E-state index contributed by atoms with van der Waals surface area (Å²) in [6.45, 7) is 1.30. The number of nitrogens with one attached hydrogen (secondary N) is 2. The minimum Gasteiger partial charge on any atom is -0.387 e. The van der Waals surface area contributed by atoms with Crippen molar-refractivity contribution in [2.24, 2.45) is 5.14 Å². The SMILES string of the molecule is Cl.NS(=O)(=O)c1ccccc1-c1cccc(C(=O)NCC2(O)CCNC2)c1. The van der Waals surface area contributed by atoms with Gasteiger partial charge in [-0.15, -0.1) is 12.4 Å². The van der Waals surface area contributed by atoms with Crippen LogP contribution < -0.4 is 15.8 Å². The molecule has 0 radical (unpaired) electrons. The molecule has 3 rings (SSSR count). The van der Waals surface area contributed by atoms with Gasteiger partial charge >= 0.3 is 0 Å². The summed E-state index contributed by atoms with van der Waals surface area (Å²) in [5.41, 5.74) is 0.445. The Morgan fingerprint density at radius 1 is 1.22 bits per heavy atom. The molecule has 1 amide bonds. The van der Waals surface area contributed by atoms with Crippen molar-refractivity contribution < 1.29 is 18.3 Å². The first-order valence-corrected chi connectivity index (χ1v) is 9.77. The maximum absolute atomic E-state index is 12.4. The van der Waals surface area contributed by atoms with Gasteiger partial charge in [0, 0.05) is 24.2 Å². The van der Waals surface area contributed by atoms with Crippen molar-refractivity contribution in [2.45, 2.75) is 16.9 Å². The molecule has 1 unspecified atom stereocenters. The fourth-order valence-electron chi connectivity index (χ4n) is 3.01. The highest BCUT2D eigenvalue weighted by atomic mass is 35.5. The number of aliphatic hydroxyl groups is 1. The summed E-state index contributed by atoms with van der Waals surface area (Å²) in [6, 6.07) is 13.0. The molecule has 1 saturated heterocycles. The number of β-amino-alcohol motifs (C(OH)–C–C–N with tert-alkyl or cyclic N) is 1. The molecule has 1 heterocycles. The molecule has 146 valence electrons. The molecule has 1 atom stereocenters. The highest BCUT2D eigenvalue weighted by Crippen LogP contribution is 2.27. The van der Waals surface area contributed by atoms with E-state index in [9.17, 15) is 18.3 Å². The normalized spacial score (nSPS) is 19.3. The van der Waals surface area contributed by atoms with Crippen molar-refractivity contribution in [3.05, 3.63) is 54.1 Å². The van der Waals surface area contributed by atoms with Crippen molar-refractivity contribution in [1.82, 2.24) is 10.6 Å². The summed E-state index contributed by atoms with van der Waals surface area (Å²) in [6.07, 6.45) is 0.578. The lowest BCUT2D eigenvalue weighted by Crippen LogP contribution is -2.44. The van der Waals surface area contributed by atoms with Gasteiger partial charge in [-0.3, -0.25) is 4.79 Å². The quantitative estimate of drug-likeness (QED) is 0.581. The van der Waals surface area contributed by atoms with E-state index in [0.29, 0.717) is 36.2 Å². The van der Waals surface area contributed by atoms with Crippen LogP contribution in [-0.2, 0) is 10.0 Å². The van der Waals surface area contributed by atoms with Gasteiger partial charge in [0.15, 0.2) is 0 Å². The topological polar surface area (TPSA) is 122 Å². The van der Waals surface area contributed by atoms with Crippen LogP contribution in [0.1, 0.15) is 16.8 Å². The average Bonchev–Trinajstić information content (AvgIpc) is 3.06. The molecule has 1 aliphatic heterocycles. The third-order valence-corrected chi connectivity index (χ3v) is 5.40. The fraction of sp³-hybridized carbons (Fsp3) is 0.278. The molecule has 9 heteroatoms. The summed E-state index contributed by atoms with van der Waals surface area (Å²) < 4.78 is 23.6. The van der Waals surface area contributed by atoms with Crippen molar-refractivity contribution in [3.8, 4) is 11.1 Å². The lowest BCUT2D eigenvalue weighted by Gasteiger charge is -2.21. The van der Waals surface area contributed by atoms with E-state index in [0.717, 1.165) is 0 Å². The number of rotatable bonds is 5. The summed E-state index contributed by atoms with van der Waals surface area (Å²) >= 11 is 0. The number of benzene rings is 2. The Hall–Kier alpha value is -1.97. The first kappa shape index (κ1) is 21.3. The Morgan fingerprint density at radius 3 is 2.63 bits per heavy atom. The molecule has 7 nitrogen and oxygen atoms in total. The summed E-state index contributed by atoms with van der Waals surface area (Å²) in [5, 5.41) is 21.4. The standard InChI is InChI=1S/C18H21N3O4S.ClH/c19-26(24,25)16-7-2-1-6-15(16)13-4-3-5-14(10-13)17(22)21-12-18(23)8-9-20-11-18;/h1-7,10,20,23H,8-9,11-12H2,(H,21,22)(H2,19,24,25);1H. The molecule has 0 saturated carbocycles. The molecule has 2 aromatic carbocycles. The fourth-order valence-corrected chi connectivity index (χ4v) is 3.77. The number of hydrogen-bond donors (Lipinski definition) is 4. The van der Waals surface area contributed by atoms with E-state index in [2.05, 4.69) is 10.6 Å². The van der Waals surface area contributed by atoms with E-state index in [1.54, 1.807) is 42.5 Å². The largest absolute Gasteiger partial charge is 0.387 e. The van der Waals surface area contributed by atoms with Gasteiger partial charge in [0.05, 0.1) is 10.5 Å². The summed E-state index contributed by atoms with van der Waals surface area (Å²) in [7, 11) is -3.88. The molecular weight excluding hydrogens is 390 g/mol. The molecular formula is C18H22ClN3O4S. The monoisotopic (exact) mass is 411 g/mol. The molecule has 1 fully saturated rings. The minimum atomic E-state index is -3.88. The van der Waals surface area contributed by atoms with Gasteiger partial charge in [-0.2, -0.15) is 0 Å². The van der Waals surface area contributed by atoms with Gasteiger partial charge in [0.1, 0.15) is 0 Å². The van der Waals surface area contributed by atoms with Gasteiger partial charge in [-0.1, -0.05) is 30.3 Å². The van der Waals surface area contributed by atoms with Gasteiger partial charge in [0.25, 0.3) is 5.91 Å². The molecule has 2 aromatic rings. The summed E-state index contributed by atoms with van der Waals surface area (Å²) in [4.78, 5) is 12.4.